The van der Waals surface area contributed by atoms with E-state index in [1.54, 1.807) is 43.3 Å². The first-order chi connectivity index (χ1) is 16.1. The van der Waals surface area contributed by atoms with E-state index in [4.69, 9.17) is 0 Å². The molecule has 0 unspecified atom stereocenters. The van der Waals surface area contributed by atoms with Gasteiger partial charge in [-0.05, 0) is 60.4 Å². The molecule has 0 saturated carbocycles. The Morgan fingerprint density at radius 2 is 1.47 bits per heavy atom. The third-order valence-corrected chi connectivity index (χ3v) is 6.61. The first kappa shape index (κ1) is 25.1. The predicted molar refractivity (Wildman–Crippen MR) is 134 cm³/mol. The van der Waals surface area contributed by atoms with Crippen molar-refractivity contribution < 1.29 is 18.0 Å². The van der Waals surface area contributed by atoms with Crippen molar-refractivity contribution in [3.63, 3.8) is 0 Å². The molecular formula is C26H29N3O4S. The molecule has 0 fully saturated rings. The van der Waals surface area contributed by atoms with Gasteiger partial charge >= 0.3 is 0 Å². The van der Waals surface area contributed by atoms with Crippen LogP contribution in [0.1, 0.15) is 41.8 Å². The molecule has 178 valence electrons. The van der Waals surface area contributed by atoms with Crippen molar-refractivity contribution in [2.24, 2.45) is 5.92 Å². The molecule has 3 aromatic rings. The van der Waals surface area contributed by atoms with Crippen LogP contribution in [0.3, 0.4) is 0 Å². The minimum atomic E-state index is -3.81. The van der Waals surface area contributed by atoms with E-state index in [1.165, 1.54) is 6.07 Å². The zero-order valence-corrected chi connectivity index (χ0v) is 20.3. The summed E-state index contributed by atoms with van der Waals surface area (Å²) in [6, 6.07) is 20.5. The standard InChI is InChI=1S/C26H29N3O4S/c1-18(2)15-25(30)28-22-11-13-23(14-12-22)29-26(31)21-10-9-19(3)24(16-21)34(32,33)27-17-20-7-5-4-6-8-20/h4-14,16,18,27H,15,17H2,1-3H3,(H,28,30)(H,29,31). The molecule has 0 saturated heterocycles. The highest BCUT2D eigenvalue weighted by atomic mass is 32.2. The van der Waals surface area contributed by atoms with Crippen LogP contribution in [0.15, 0.2) is 77.7 Å². The van der Waals surface area contributed by atoms with E-state index in [0.29, 0.717) is 23.4 Å². The van der Waals surface area contributed by atoms with Gasteiger partial charge in [0.25, 0.3) is 5.91 Å². The maximum atomic E-state index is 12.9. The molecule has 0 aliphatic heterocycles. The number of hydrogen-bond acceptors (Lipinski definition) is 4. The monoisotopic (exact) mass is 479 g/mol. The number of hydrogen-bond donors (Lipinski definition) is 3. The SMILES string of the molecule is Cc1ccc(C(=O)Nc2ccc(NC(=O)CC(C)C)cc2)cc1S(=O)(=O)NCc1ccccc1. The van der Waals surface area contributed by atoms with Gasteiger partial charge in [0.15, 0.2) is 0 Å². The maximum Gasteiger partial charge on any atom is 0.255 e. The Morgan fingerprint density at radius 1 is 0.853 bits per heavy atom. The Bertz CT molecular complexity index is 1250. The molecule has 0 heterocycles. The van der Waals surface area contributed by atoms with Gasteiger partial charge in [-0.25, -0.2) is 13.1 Å². The van der Waals surface area contributed by atoms with Crippen molar-refractivity contribution in [3.8, 4) is 0 Å². The second-order valence-corrected chi connectivity index (χ2v) is 10.2. The number of amides is 2. The van der Waals surface area contributed by atoms with Crippen LogP contribution in [0.5, 0.6) is 0 Å². The summed E-state index contributed by atoms with van der Waals surface area (Å²) in [5, 5.41) is 5.57. The lowest BCUT2D eigenvalue weighted by Gasteiger charge is -2.12. The molecule has 3 rings (SSSR count). The molecule has 3 N–H and O–H groups in total. The lowest BCUT2D eigenvalue weighted by atomic mass is 10.1. The number of benzene rings is 3. The van der Waals surface area contributed by atoms with Crippen LogP contribution in [0, 0.1) is 12.8 Å². The van der Waals surface area contributed by atoms with E-state index in [-0.39, 0.29) is 28.8 Å². The second-order valence-electron chi connectivity index (χ2n) is 8.47. The number of nitrogens with one attached hydrogen (secondary N) is 3. The van der Waals surface area contributed by atoms with Crippen LogP contribution in [0.2, 0.25) is 0 Å². The van der Waals surface area contributed by atoms with Gasteiger partial charge in [-0.15, -0.1) is 0 Å². The van der Waals surface area contributed by atoms with E-state index in [0.717, 1.165) is 5.56 Å². The minimum absolute atomic E-state index is 0.0549. The third kappa shape index (κ3) is 7.00. The average molecular weight is 480 g/mol. The lowest BCUT2D eigenvalue weighted by Crippen LogP contribution is -2.24. The molecule has 34 heavy (non-hydrogen) atoms. The Balaban J connectivity index is 1.68. The number of carbonyl (C=O) groups is 2. The Kier molecular flexibility index (Phi) is 8.20. The van der Waals surface area contributed by atoms with E-state index in [1.807, 2.05) is 44.2 Å². The van der Waals surface area contributed by atoms with E-state index in [9.17, 15) is 18.0 Å². The highest BCUT2D eigenvalue weighted by molar-refractivity contribution is 7.89. The number of rotatable bonds is 9. The van der Waals surface area contributed by atoms with Gasteiger partial charge in [-0.3, -0.25) is 9.59 Å². The molecule has 2 amide bonds. The molecular weight excluding hydrogens is 450 g/mol. The third-order valence-electron chi connectivity index (χ3n) is 5.07. The topological polar surface area (TPSA) is 104 Å². The van der Waals surface area contributed by atoms with E-state index in [2.05, 4.69) is 15.4 Å². The minimum Gasteiger partial charge on any atom is -0.326 e. The van der Waals surface area contributed by atoms with Gasteiger partial charge in [0.2, 0.25) is 15.9 Å². The molecule has 0 aliphatic rings. The van der Waals surface area contributed by atoms with Crippen LogP contribution < -0.4 is 15.4 Å². The molecule has 0 aromatic heterocycles. The highest BCUT2D eigenvalue weighted by Crippen LogP contribution is 2.20. The summed E-state index contributed by atoms with van der Waals surface area (Å²) in [4.78, 5) is 24.7. The van der Waals surface area contributed by atoms with Gasteiger partial charge in [-0.1, -0.05) is 50.2 Å². The lowest BCUT2D eigenvalue weighted by molar-refractivity contribution is -0.116. The van der Waals surface area contributed by atoms with Gasteiger partial charge in [0.1, 0.15) is 0 Å². The number of aryl methyl sites for hydroxylation is 1. The average Bonchev–Trinajstić information content (AvgIpc) is 2.79. The van der Waals surface area contributed by atoms with Gasteiger partial charge in [-0.2, -0.15) is 0 Å². The van der Waals surface area contributed by atoms with Crippen LogP contribution in [-0.4, -0.2) is 20.2 Å². The number of anilines is 2. The predicted octanol–water partition coefficient (Wildman–Crippen LogP) is 4.71. The van der Waals surface area contributed by atoms with Gasteiger partial charge in [0, 0.05) is 29.9 Å². The summed E-state index contributed by atoms with van der Waals surface area (Å²) < 4.78 is 28.3. The molecule has 0 aliphatic carbocycles. The summed E-state index contributed by atoms with van der Waals surface area (Å²) in [5.74, 6) is -0.243. The molecule has 0 bridgehead atoms. The highest BCUT2D eigenvalue weighted by Gasteiger charge is 2.19. The van der Waals surface area contributed by atoms with Crippen molar-refractivity contribution in [1.82, 2.24) is 4.72 Å². The van der Waals surface area contributed by atoms with Crippen LogP contribution >= 0.6 is 0 Å². The van der Waals surface area contributed by atoms with E-state index < -0.39 is 15.9 Å². The number of sulfonamides is 1. The fraction of sp³-hybridized carbons (Fsp3) is 0.231. The molecule has 7 nitrogen and oxygen atoms in total. The summed E-state index contributed by atoms with van der Waals surface area (Å²) in [5.41, 5.74) is 2.76. The van der Waals surface area contributed by atoms with Crippen molar-refractivity contribution >= 4 is 33.2 Å². The Hall–Kier alpha value is -3.49. The first-order valence-corrected chi connectivity index (χ1v) is 12.5. The maximum absolute atomic E-state index is 12.9. The fourth-order valence-electron chi connectivity index (χ4n) is 3.31. The summed E-state index contributed by atoms with van der Waals surface area (Å²) >= 11 is 0. The molecule has 0 spiro atoms. The number of carbonyl (C=O) groups excluding carboxylic acids is 2. The second kappa shape index (κ2) is 11.1. The van der Waals surface area contributed by atoms with Crippen molar-refractivity contribution in [2.75, 3.05) is 10.6 Å². The van der Waals surface area contributed by atoms with E-state index >= 15 is 0 Å². The quantitative estimate of drug-likeness (QED) is 0.413. The Morgan fingerprint density at radius 3 is 2.09 bits per heavy atom. The van der Waals surface area contributed by atoms with Crippen molar-refractivity contribution in [3.05, 3.63) is 89.5 Å². The van der Waals surface area contributed by atoms with Crippen molar-refractivity contribution in [1.29, 1.82) is 0 Å². The summed E-state index contributed by atoms with van der Waals surface area (Å²) in [7, 11) is -3.81. The zero-order chi connectivity index (χ0) is 24.7. The summed E-state index contributed by atoms with van der Waals surface area (Å²) in [6.07, 6.45) is 0.428. The normalized spacial score (nSPS) is 11.3. The molecule has 0 atom stereocenters. The van der Waals surface area contributed by atoms with Crippen LogP contribution in [0.25, 0.3) is 0 Å². The molecule has 0 radical (unpaired) electrons. The first-order valence-electron chi connectivity index (χ1n) is 11.0. The largest absolute Gasteiger partial charge is 0.326 e. The van der Waals surface area contributed by atoms with Gasteiger partial charge < -0.3 is 10.6 Å². The molecule has 3 aromatic carbocycles. The Labute approximate surface area is 200 Å². The fourth-order valence-corrected chi connectivity index (χ4v) is 4.59. The molecule has 8 heteroatoms. The summed E-state index contributed by atoms with van der Waals surface area (Å²) in [6.45, 7) is 5.78. The van der Waals surface area contributed by atoms with Crippen LogP contribution in [-0.2, 0) is 21.4 Å². The van der Waals surface area contributed by atoms with Crippen molar-refractivity contribution in [2.45, 2.75) is 38.6 Å². The van der Waals surface area contributed by atoms with Gasteiger partial charge in [0.05, 0.1) is 4.90 Å². The smallest absolute Gasteiger partial charge is 0.255 e. The zero-order valence-electron chi connectivity index (χ0n) is 19.5. The van der Waals surface area contributed by atoms with Crippen LogP contribution in [0.4, 0.5) is 11.4 Å².